The van der Waals surface area contributed by atoms with Crippen LogP contribution in [0, 0.1) is 0 Å². The predicted octanol–water partition coefficient (Wildman–Crippen LogP) is 2.88. The van der Waals surface area contributed by atoms with Crippen LogP contribution in [-0.4, -0.2) is 33.4 Å². The second kappa shape index (κ2) is 6.58. The van der Waals surface area contributed by atoms with Crippen LogP contribution in [0.15, 0.2) is 24.4 Å². The summed E-state index contributed by atoms with van der Waals surface area (Å²) in [6, 6.07) is 5.13. The lowest BCUT2D eigenvalue weighted by Gasteiger charge is -2.13. The minimum absolute atomic E-state index is 0.132. The Morgan fingerprint density at radius 3 is 2.81 bits per heavy atom. The van der Waals surface area contributed by atoms with Crippen LogP contribution in [0.2, 0.25) is 5.15 Å². The summed E-state index contributed by atoms with van der Waals surface area (Å²) in [6.07, 6.45) is 1.27. The minimum Gasteiger partial charge on any atom is -0.474 e. The van der Waals surface area contributed by atoms with E-state index in [1.54, 1.807) is 25.1 Å². The van der Waals surface area contributed by atoms with Crippen LogP contribution >= 0.6 is 11.6 Å². The number of hydrogen-bond acceptors (Lipinski definition) is 5. The van der Waals surface area contributed by atoms with Crippen LogP contribution in [0.1, 0.15) is 31.1 Å². The average molecular weight is 310 g/mol. The van der Waals surface area contributed by atoms with Gasteiger partial charge in [-0.15, -0.1) is 0 Å². The lowest BCUT2D eigenvalue weighted by Crippen LogP contribution is -2.14. The maximum Gasteiger partial charge on any atom is 0.345 e. The minimum atomic E-state index is -0.485. The number of aromatic nitrogens is 3. The van der Waals surface area contributed by atoms with E-state index in [1.807, 2.05) is 13.8 Å². The highest BCUT2D eigenvalue weighted by Gasteiger charge is 2.22. The lowest BCUT2D eigenvalue weighted by molar-refractivity contribution is 0.0519. The lowest BCUT2D eigenvalue weighted by atomic mass is 10.3. The molecule has 0 fully saturated rings. The summed E-state index contributed by atoms with van der Waals surface area (Å²) >= 11 is 5.89. The standard InChI is InChI=1S/C14H16ClN3O3/c1-4-20-14(19)10-8-16-18(13(10)21-9(2)3)12-7-5-6-11(15)17-12/h5-9H,4H2,1-3H3. The summed E-state index contributed by atoms with van der Waals surface area (Å²) in [6.45, 7) is 5.74. The molecule has 2 aromatic rings. The fraction of sp³-hybridized carbons (Fsp3) is 0.357. The number of carbonyl (C=O) groups is 1. The molecule has 0 aliphatic heterocycles. The number of carbonyl (C=O) groups excluding carboxylic acids is 1. The van der Waals surface area contributed by atoms with E-state index in [0.29, 0.717) is 16.9 Å². The number of ether oxygens (including phenoxy) is 2. The number of hydrogen-bond donors (Lipinski definition) is 0. The molecule has 2 heterocycles. The van der Waals surface area contributed by atoms with Gasteiger partial charge in [-0.1, -0.05) is 17.7 Å². The maximum atomic E-state index is 12.0. The van der Waals surface area contributed by atoms with Gasteiger partial charge in [0.15, 0.2) is 5.82 Å². The van der Waals surface area contributed by atoms with Gasteiger partial charge in [0.1, 0.15) is 10.7 Å². The van der Waals surface area contributed by atoms with E-state index in [-0.39, 0.29) is 18.3 Å². The molecule has 2 rings (SSSR count). The molecule has 0 atom stereocenters. The summed E-state index contributed by atoms with van der Waals surface area (Å²) in [5.74, 6) is 0.272. The van der Waals surface area contributed by atoms with E-state index < -0.39 is 5.97 Å². The fourth-order valence-corrected chi connectivity index (χ4v) is 1.86. The molecule has 6 nitrogen and oxygen atoms in total. The van der Waals surface area contributed by atoms with Crippen molar-refractivity contribution in [2.45, 2.75) is 26.9 Å². The predicted molar refractivity (Wildman–Crippen MR) is 78.1 cm³/mol. The normalized spacial score (nSPS) is 10.7. The van der Waals surface area contributed by atoms with Gasteiger partial charge in [-0.25, -0.2) is 9.78 Å². The monoisotopic (exact) mass is 309 g/mol. The van der Waals surface area contributed by atoms with Crippen molar-refractivity contribution < 1.29 is 14.3 Å². The van der Waals surface area contributed by atoms with E-state index in [1.165, 1.54) is 10.9 Å². The van der Waals surface area contributed by atoms with Crippen LogP contribution in [0.3, 0.4) is 0 Å². The summed E-state index contributed by atoms with van der Waals surface area (Å²) < 4.78 is 12.1. The number of nitrogens with zero attached hydrogens (tertiary/aromatic N) is 3. The first-order chi connectivity index (χ1) is 10.0. The smallest absolute Gasteiger partial charge is 0.345 e. The first kappa shape index (κ1) is 15.3. The van der Waals surface area contributed by atoms with Gasteiger partial charge in [0.05, 0.1) is 18.9 Å². The second-order valence-electron chi connectivity index (χ2n) is 4.48. The molecular formula is C14H16ClN3O3. The first-order valence-corrected chi connectivity index (χ1v) is 6.95. The third kappa shape index (κ3) is 3.52. The van der Waals surface area contributed by atoms with Crippen molar-refractivity contribution in [3.63, 3.8) is 0 Å². The van der Waals surface area contributed by atoms with E-state index in [2.05, 4.69) is 10.1 Å². The molecule has 0 aliphatic carbocycles. The van der Waals surface area contributed by atoms with Gasteiger partial charge in [0, 0.05) is 0 Å². The van der Waals surface area contributed by atoms with Crippen molar-refractivity contribution in [1.82, 2.24) is 14.8 Å². The topological polar surface area (TPSA) is 66.2 Å². The molecule has 2 aromatic heterocycles. The summed E-state index contributed by atoms with van der Waals surface area (Å²) in [5.41, 5.74) is 0.257. The molecule has 0 amide bonds. The first-order valence-electron chi connectivity index (χ1n) is 6.57. The van der Waals surface area contributed by atoms with E-state index in [4.69, 9.17) is 21.1 Å². The highest BCUT2D eigenvalue weighted by atomic mass is 35.5. The highest BCUT2D eigenvalue weighted by molar-refractivity contribution is 6.29. The van der Waals surface area contributed by atoms with E-state index in [9.17, 15) is 4.79 Å². The van der Waals surface area contributed by atoms with E-state index >= 15 is 0 Å². The van der Waals surface area contributed by atoms with Gasteiger partial charge in [-0.3, -0.25) is 0 Å². The van der Waals surface area contributed by atoms with Crippen molar-refractivity contribution in [1.29, 1.82) is 0 Å². The van der Waals surface area contributed by atoms with Crippen LogP contribution in [0.25, 0.3) is 5.82 Å². The summed E-state index contributed by atoms with van der Waals surface area (Å²) in [4.78, 5) is 16.1. The number of esters is 1. The molecule has 0 N–H and O–H groups in total. The molecule has 0 saturated carbocycles. The largest absolute Gasteiger partial charge is 0.474 e. The van der Waals surface area contributed by atoms with Gasteiger partial charge >= 0.3 is 5.97 Å². The Balaban J connectivity index is 2.48. The fourth-order valence-electron chi connectivity index (χ4n) is 1.70. The number of pyridine rings is 1. The Morgan fingerprint density at radius 2 is 2.19 bits per heavy atom. The Bertz CT molecular complexity index is 640. The van der Waals surface area contributed by atoms with Gasteiger partial charge in [-0.2, -0.15) is 9.78 Å². The van der Waals surface area contributed by atoms with Gasteiger partial charge in [0.2, 0.25) is 5.88 Å². The zero-order valence-electron chi connectivity index (χ0n) is 12.0. The molecule has 0 aliphatic rings. The quantitative estimate of drug-likeness (QED) is 0.627. The Labute approximate surface area is 127 Å². The summed E-state index contributed by atoms with van der Waals surface area (Å²) in [7, 11) is 0. The second-order valence-corrected chi connectivity index (χ2v) is 4.87. The number of halogens is 1. The van der Waals surface area contributed by atoms with Crippen molar-refractivity contribution in [2.24, 2.45) is 0 Å². The van der Waals surface area contributed by atoms with Gasteiger partial charge in [-0.05, 0) is 32.9 Å². The van der Waals surface area contributed by atoms with Crippen LogP contribution in [0.4, 0.5) is 0 Å². The molecule has 0 spiro atoms. The van der Waals surface area contributed by atoms with Crippen LogP contribution in [-0.2, 0) is 4.74 Å². The van der Waals surface area contributed by atoms with Gasteiger partial charge in [0.25, 0.3) is 0 Å². The van der Waals surface area contributed by atoms with Gasteiger partial charge < -0.3 is 9.47 Å². The zero-order valence-corrected chi connectivity index (χ0v) is 12.8. The summed E-state index contributed by atoms with van der Waals surface area (Å²) in [5, 5.41) is 4.48. The molecule has 21 heavy (non-hydrogen) atoms. The average Bonchev–Trinajstić information content (AvgIpc) is 2.82. The number of rotatable bonds is 5. The molecule has 112 valence electrons. The van der Waals surface area contributed by atoms with Crippen molar-refractivity contribution >= 4 is 17.6 Å². The molecular weight excluding hydrogens is 294 g/mol. The van der Waals surface area contributed by atoms with Crippen LogP contribution < -0.4 is 4.74 Å². The van der Waals surface area contributed by atoms with Crippen molar-refractivity contribution in [3.05, 3.63) is 35.1 Å². The van der Waals surface area contributed by atoms with Crippen molar-refractivity contribution in [3.8, 4) is 11.7 Å². The third-order valence-electron chi connectivity index (χ3n) is 2.49. The zero-order chi connectivity index (χ0) is 15.4. The Kier molecular flexibility index (Phi) is 4.80. The molecule has 0 bridgehead atoms. The Morgan fingerprint density at radius 1 is 1.43 bits per heavy atom. The van der Waals surface area contributed by atoms with Crippen LogP contribution in [0.5, 0.6) is 5.88 Å². The third-order valence-corrected chi connectivity index (χ3v) is 2.70. The Hall–Kier alpha value is -2.08. The molecule has 0 aromatic carbocycles. The molecule has 0 saturated heterocycles. The highest BCUT2D eigenvalue weighted by Crippen LogP contribution is 2.24. The SMILES string of the molecule is CCOC(=O)c1cnn(-c2cccc(Cl)n2)c1OC(C)C. The molecule has 0 unspecified atom stereocenters. The maximum absolute atomic E-state index is 12.0. The molecule has 0 radical (unpaired) electrons. The molecule has 7 heteroatoms. The van der Waals surface area contributed by atoms with E-state index in [0.717, 1.165) is 0 Å². The van der Waals surface area contributed by atoms with Crippen molar-refractivity contribution in [2.75, 3.05) is 6.61 Å².